The number of aromatic nitrogens is 1. The van der Waals surface area contributed by atoms with E-state index < -0.39 is 0 Å². The lowest BCUT2D eigenvalue weighted by atomic mass is 10.1. The van der Waals surface area contributed by atoms with Crippen molar-refractivity contribution < 1.29 is 4.52 Å². The summed E-state index contributed by atoms with van der Waals surface area (Å²) < 4.78 is 5.08. The molecule has 1 N–H and O–H groups in total. The molecule has 1 aromatic heterocycles. The fourth-order valence-corrected chi connectivity index (χ4v) is 2.34. The van der Waals surface area contributed by atoms with Crippen molar-refractivity contribution in [3.05, 3.63) is 53.4 Å². The Morgan fingerprint density at radius 3 is 2.85 bits per heavy atom. The third kappa shape index (κ3) is 2.66. The fraction of sp³-hybridized carbons (Fsp3) is 0.333. The smallest absolute Gasteiger partial charge is 0.194 e. The zero-order valence-electron chi connectivity index (χ0n) is 11.7. The van der Waals surface area contributed by atoms with Crippen molar-refractivity contribution in [1.29, 1.82) is 0 Å². The number of aliphatic imine (C=N–C) groups is 1. The number of benzene rings is 1. The van der Waals surface area contributed by atoms with E-state index in [1.807, 2.05) is 26.1 Å². The van der Waals surface area contributed by atoms with Crippen molar-refractivity contribution in [3.63, 3.8) is 0 Å². The molecule has 0 bridgehead atoms. The molecule has 0 spiro atoms. The molecule has 3 rings (SSSR count). The Balaban J connectivity index is 1.62. The van der Waals surface area contributed by atoms with Gasteiger partial charge in [0.05, 0.1) is 19.1 Å². The molecule has 2 aromatic rings. The molecule has 2 heterocycles. The van der Waals surface area contributed by atoms with E-state index in [9.17, 15) is 0 Å². The van der Waals surface area contributed by atoms with Crippen molar-refractivity contribution in [2.45, 2.75) is 19.5 Å². The predicted molar refractivity (Wildman–Crippen MR) is 77.3 cm³/mol. The molecule has 0 amide bonds. The van der Waals surface area contributed by atoms with Crippen LogP contribution in [0.15, 0.2) is 45.9 Å². The lowest BCUT2D eigenvalue weighted by Gasteiger charge is -2.20. The number of guanidine groups is 1. The van der Waals surface area contributed by atoms with Crippen LogP contribution in [0.1, 0.15) is 23.1 Å². The van der Waals surface area contributed by atoms with Crippen molar-refractivity contribution >= 4 is 5.96 Å². The van der Waals surface area contributed by atoms with Gasteiger partial charge in [0.25, 0.3) is 0 Å². The average Bonchev–Trinajstić information content (AvgIpc) is 3.09. The van der Waals surface area contributed by atoms with Gasteiger partial charge in [-0.15, -0.1) is 0 Å². The second-order valence-electron chi connectivity index (χ2n) is 5.06. The molecule has 0 saturated heterocycles. The van der Waals surface area contributed by atoms with E-state index in [0.717, 1.165) is 24.0 Å². The van der Waals surface area contributed by atoms with Crippen LogP contribution >= 0.6 is 0 Å². The Hall–Kier alpha value is -2.30. The minimum Gasteiger partial charge on any atom is -0.361 e. The topological polar surface area (TPSA) is 53.7 Å². The number of nitrogens with one attached hydrogen (secondary N) is 1. The van der Waals surface area contributed by atoms with Crippen molar-refractivity contribution in [2.75, 3.05) is 13.6 Å². The molecule has 0 radical (unpaired) electrons. The second-order valence-corrected chi connectivity index (χ2v) is 5.06. The minimum atomic E-state index is 0.257. The van der Waals surface area contributed by atoms with Crippen LogP contribution in [-0.2, 0) is 6.54 Å². The summed E-state index contributed by atoms with van der Waals surface area (Å²) in [7, 11) is 2.00. The van der Waals surface area contributed by atoms with Crippen LogP contribution < -0.4 is 5.32 Å². The number of hydrogen-bond donors (Lipinski definition) is 1. The SMILES string of the molecule is Cc1cc(CN(C)C2=NCC(c3ccccc3)N2)no1. The zero-order chi connectivity index (χ0) is 13.9. The van der Waals surface area contributed by atoms with Gasteiger partial charge in [-0.3, -0.25) is 4.99 Å². The summed E-state index contributed by atoms with van der Waals surface area (Å²) in [5.41, 5.74) is 2.18. The van der Waals surface area contributed by atoms with Crippen molar-refractivity contribution in [1.82, 2.24) is 15.4 Å². The summed E-state index contributed by atoms with van der Waals surface area (Å²) in [6, 6.07) is 12.6. The molecule has 0 aliphatic carbocycles. The summed E-state index contributed by atoms with van der Waals surface area (Å²) in [5.74, 6) is 1.73. The molecule has 20 heavy (non-hydrogen) atoms. The molecule has 104 valence electrons. The third-order valence-electron chi connectivity index (χ3n) is 3.37. The van der Waals surface area contributed by atoms with Crippen molar-refractivity contribution in [3.8, 4) is 0 Å². The Morgan fingerprint density at radius 2 is 2.15 bits per heavy atom. The van der Waals surface area contributed by atoms with Gasteiger partial charge in [-0.1, -0.05) is 35.5 Å². The molecule has 1 aliphatic rings. The highest BCUT2D eigenvalue weighted by Gasteiger charge is 2.21. The normalized spacial score (nSPS) is 17.7. The molecule has 1 unspecified atom stereocenters. The van der Waals surface area contributed by atoms with Crippen LogP contribution in [0.5, 0.6) is 0 Å². The standard InChI is InChI=1S/C15H18N4O/c1-11-8-13(18-20-11)10-19(2)15-16-9-14(17-15)12-6-4-3-5-7-12/h3-8,14H,9-10H2,1-2H3,(H,16,17). The summed E-state index contributed by atoms with van der Waals surface area (Å²) >= 11 is 0. The highest BCUT2D eigenvalue weighted by molar-refractivity contribution is 5.81. The van der Waals surface area contributed by atoms with Gasteiger partial charge < -0.3 is 14.7 Å². The van der Waals surface area contributed by atoms with E-state index in [1.54, 1.807) is 0 Å². The van der Waals surface area contributed by atoms with E-state index in [0.29, 0.717) is 6.54 Å². The van der Waals surface area contributed by atoms with Gasteiger partial charge in [-0.25, -0.2) is 0 Å². The van der Waals surface area contributed by atoms with E-state index in [4.69, 9.17) is 4.52 Å². The first-order valence-electron chi connectivity index (χ1n) is 6.71. The average molecular weight is 270 g/mol. The molecule has 5 nitrogen and oxygen atoms in total. The largest absolute Gasteiger partial charge is 0.361 e. The first-order valence-corrected chi connectivity index (χ1v) is 6.71. The van der Waals surface area contributed by atoms with Gasteiger partial charge >= 0.3 is 0 Å². The summed E-state index contributed by atoms with van der Waals surface area (Å²) in [6.07, 6.45) is 0. The Labute approximate surface area is 118 Å². The van der Waals surface area contributed by atoms with E-state index >= 15 is 0 Å². The third-order valence-corrected chi connectivity index (χ3v) is 3.37. The van der Waals surface area contributed by atoms with Crippen LogP contribution in [0.3, 0.4) is 0 Å². The molecule has 0 fully saturated rings. The van der Waals surface area contributed by atoms with E-state index in [2.05, 4.69) is 44.6 Å². The van der Waals surface area contributed by atoms with E-state index in [1.165, 1.54) is 5.56 Å². The van der Waals surface area contributed by atoms with Gasteiger partial charge in [0.15, 0.2) is 5.96 Å². The predicted octanol–water partition coefficient (Wildman–Crippen LogP) is 2.12. The molecule has 5 heteroatoms. The van der Waals surface area contributed by atoms with Gasteiger partial charge in [-0.2, -0.15) is 0 Å². The van der Waals surface area contributed by atoms with Crippen LogP contribution in [0.2, 0.25) is 0 Å². The number of nitrogens with zero attached hydrogens (tertiary/aromatic N) is 3. The maximum atomic E-state index is 5.08. The van der Waals surface area contributed by atoms with Crippen molar-refractivity contribution in [2.24, 2.45) is 4.99 Å². The first-order chi connectivity index (χ1) is 9.72. The Kier molecular flexibility index (Phi) is 3.41. The molecular formula is C15H18N4O. The molecule has 0 saturated carbocycles. The van der Waals surface area contributed by atoms with Gasteiger partial charge in [-0.05, 0) is 12.5 Å². The highest BCUT2D eigenvalue weighted by atomic mass is 16.5. The van der Waals surface area contributed by atoms with Crippen LogP contribution in [-0.4, -0.2) is 29.6 Å². The second kappa shape index (κ2) is 5.36. The monoisotopic (exact) mass is 270 g/mol. The van der Waals surface area contributed by atoms with E-state index in [-0.39, 0.29) is 6.04 Å². The summed E-state index contributed by atoms with van der Waals surface area (Å²) in [5, 5.41) is 7.46. The molecule has 1 atom stereocenters. The first kappa shape index (κ1) is 12.7. The quantitative estimate of drug-likeness (QED) is 0.928. The van der Waals surface area contributed by atoms with Crippen LogP contribution in [0, 0.1) is 6.92 Å². The Morgan fingerprint density at radius 1 is 1.35 bits per heavy atom. The molecule has 1 aromatic carbocycles. The minimum absolute atomic E-state index is 0.257. The molecular weight excluding hydrogens is 252 g/mol. The maximum absolute atomic E-state index is 5.08. The highest BCUT2D eigenvalue weighted by Crippen LogP contribution is 2.18. The fourth-order valence-electron chi connectivity index (χ4n) is 2.34. The lowest BCUT2D eigenvalue weighted by Crippen LogP contribution is -2.36. The summed E-state index contributed by atoms with van der Waals surface area (Å²) in [4.78, 5) is 6.63. The van der Waals surface area contributed by atoms with Gasteiger partial charge in [0.2, 0.25) is 0 Å². The maximum Gasteiger partial charge on any atom is 0.194 e. The lowest BCUT2D eigenvalue weighted by molar-refractivity contribution is 0.376. The number of hydrogen-bond acceptors (Lipinski definition) is 5. The van der Waals surface area contributed by atoms with Crippen LogP contribution in [0.25, 0.3) is 0 Å². The Bertz CT molecular complexity index is 605. The summed E-state index contributed by atoms with van der Waals surface area (Å²) in [6.45, 7) is 3.35. The van der Waals surface area contributed by atoms with Gasteiger partial charge in [0.1, 0.15) is 11.5 Å². The number of aryl methyl sites for hydroxylation is 1. The number of rotatable bonds is 3. The van der Waals surface area contributed by atoms with Gasteiger partial charge in [0, 0.05) is 13.1 Å². The zero-order valence-corrected chi connectivity index (χ0v) is 11.7. The van der Waals surface area contributed by atoms with Crippen LogP contribution in [0.4, 0.5) is 0 Å². The molecule has 1 aliphatic heterocycles.